The summed E-state index contributed by atoms with van der Waals surface area (Å²) in [7, 11) is 1.75. The molecule has 0 aliphatic carbocycles. The van der Waals surface area contributed by atoms with Crippen LogP contribution in [0.2, 0.25) is 0 Å². The maximum atomic E-state index is 12.3. The van der Waals surface area contributed by atoms with Crippen molar-refractivity contribution in [2.45, 2.75) is 12.8 Å². The Morgan fingerprint density at radius 2 is 2.12 bits per heavy atom. The van der Waals surface area contributed by atoms with Crippen LogP contribution < -0.4 is 10.2 Å². The highest BCUT2D eigenvalue weighted by Crippen LogP contribution is 2.30. The third-order valence-corrected chi connectivity index (χ3v) is 4.22. The predicted molar refractivity (Wildman–Crippen MR) is 89.9 cm³/mol. The molecule has 0 bridgehead atoms. The van der Waals surface area contributed by atoms with Crippen LogP contribution in [0.4, 0.5) is 11.4 Å². The lowest BCUT2D eigenvalue weighted by Crippen LogP contribution is -2.20. The van der Waals surface area contributed by atoms with Gasteiger partial charge in [-0.2, -0.15) is 0 Å². The lowest BCUT2D eigenvalue weighted by molar-refractivity contribution is -0.117. The Morgan fingerprint density at radius 1 is 1.29 bits per heavy atom. The minimum atomic E-state index is -0.174. The highest BCUT2D eigenvalue weighted by atomic mass is 16.5. The normalized spacial score (nSPS) is 13.4. The van der Waals surface area contributed by atoms with Gasteiger partial charge in [0.05, 0.1) is 12.8 Å². The topological polar surface area (TPSA) is 75.4 Å². The van der Waals surface area contributed by atoms with Crippen molar-refractivity contribution in [1.82, 2.24) is 5.16 Å². The second-order valence-corrected chi connectivity index (χ2v) is 5.82. The molecule has 24 heavy (non-hydrogen) atoms. The van der Waals surface area contributed by atoms with Gasteiger partial charge in [-0.25, -0.2) is 0 Å². The molecule has 2 heterocycles. The van der Waals surface area contributed by atoms with Gasteiger partial charge in [0.2, 0.25) is 11.8 Å². The van der Waals surface area contributed by atoms with E-state index < -0.39 is 0 Å². The molecule has 1 aliphatic rings. The summed E-state index contributed by atoms with van der Waals surface area (Å²) in [5.41, 5.74) is 3.76. The number of hydrogen-bond acceptors (Lipinski definition) is 4. The highest BCUT2D eigenvalue weighted by molar-refractivity contribution is 6.02. The number of nitrogens with one attached hydrogen (secondary N) is 1. The van der Waals surface area contributed by atoms with E-state index in [1.165, 1.54) is 0 Å². The van der Waals surface area contributed by atoms with Crippen LogP contribution in [0.3, 0.4) is 0 Å². The number of nitrogens with zero attached hydrogens (tertiary/aromatic N) is 2. The van der Waals surface area contributed by atoms with E-state index in [-0.39, 0.29) is 18.2 Å². The van der Waals surface area contributed by atoms with E-state index in [2.05, 4.69) is 10.5 Å². The summed E-state index contributed by atoms with van der Waals surface area (Å²) in [4.78, 5) is 25.6. The molecule has 6 nitrogen and oxygen atoms in total. The summed E-state index contributed by atoms with van der Waals surface area (Å²) < 4.78 is 5.21. The number of fused-ring (bicyclic) bond motifs is 2. The van der Waals surface area contributed by atoms with Crippen molar-refractivity contribution in [3.05, 3.63) is 53.7 Å². The molecule has 6 heteroatoms. The maximum absolute atomic E-state index is 12.3. The summed E-state index contributed by atoms with van der Waals surface area (Å²) in [5.74, 6) is -0.116. The van der Waals surface area contributed by atoms with Crippen molar-refractivity contribution in [3.63, 3.8) is 0 Å². The summed E-state index contributed by atoms with van der Waals surface area (Å²) >= 11 is 0. The van der Waals surface area contributed by atoms with E-state index in [1.54, 1.807) is 18.0 Å². The largest absolute Gasteiger partial charge is 0.356 e. The van der Waals surface area contributed by atoms with Gasteiger partial charge < -0.3 is 14.7 Å². The molecule has 3 aromatic rings. The lowest BCUT2D eigenvalue weighted by atomic mass is 10.1. The average molecular weight is 321 g/mol. The molecule has 2 aromatic carbocycles. The Labute approximate surface area is 138 Å². The first-order valence-corrected chi connectivity index (χ1v) is 7.64. The molecule has 0 saturated carbocycles. The summed E-state index contributed by atoms with van der Waals surface area (Å²) in [5, 5.41) is 7.66. The molecule has 0 spiro atoms. The van der Waals surface area contributed by atoms with Gasteiger partial charge in [-0.15, -0.1) is 0 Å². The predicted octanol–water partition coefficient (Wildman–Crippen LogP) is 2.53. The Morgan fingerprint density at radius 3 is 3.00 bits per heavy atom. The molecule has 0 saturated heterocycles. The van der Waals surface area contributed by atoms with Crippen LogP contribution in [-0.2, 0) is 22.4 Å². The summed E-state index contributed by atoms with van der Waals surface area (Å²) in [6, 6.07) is 12.9. The SMILES string of the molecule is CN1C(=O)Cc2cc(NC(=O)Cc3noc4ccccc34)ccc21. The van der Waals surface area contributed by atoms with E-state index in [0.717, 1.165) is 16.6 Å². The van der Waals surface area contributed by atoms with Crippen LogP contribution in [0.5, 0.6) is 0 Å². The minimum Gasteiger partial charge on any atom is -0.356 e. The van der Waals surface area contributed by atoms with Crippen molar-refractivity contribution in [2.24, 2.45) is 0 Å². The minimum absolute atomic E-state index is 0.0579. The fourth-order valence-corrected chi connectivity index (χ4v) is 2.97. The quantitative estimate of drug-likeness (QED) is 0.804. The first-order valence-electron chi connectivity index (χ1n) is 7.64. The Kier molecular flexibility index (Phi) is 3.30. The monoisotopic (exact) mass is 321 g/mol. The highest BCUT2D eigenvalue weighted by Gasteiger charge is 2.24. The van der Waals surface area contributed by atoms with Gasteiger partial charge >= 0.3 is 0 Å². The first-order chi connectivity index (χ1) is 11.6. The Bertz CT molecular complexity index is 961. The zero-order valence-electron chi connectivity index (χ0n) is 13.1. The van der Waals surface area contributed by atoms with Gasteiger partial charge in [0.15, 0.2) is 5.58 Å². The fraction of sp³-hybridized carbons (Fsp3) is 0.167. The Balaban J connectivity index is 1.51. The third kappa shape index (κ3) is 2.42. The molecule has 120 valence electrons. The molecule has 4 rings (SSSR count). The van der Waals surface area contributed by atoms with E-state index in [0.29, 0.717) is 23.4 Å². The molecular formula is C18H15N3O3. The zero-order valence-corrected chi connectivity index (χ0v) is 13.1. The zero-order chi connectivity index (χ0) is 16.7. The smallest absolute Gasteiger partial charge is 0.231 e. The van der Waals surface area contributed by atoms with Gasteiger partial charge in [-0.05, 0) is 35.9 Å². The molecule has 1 aromatic heterocycles. The van der Waals surface area contributed by atoms with Crippen LogP contribution in [0.25, 0.3) is 11.0 Å². The molecular weight excluding hydrogens is 306 g/mol. The number of carbonyl (C=O) groups is 2. The molecule has 2 amide bonds. The van der Waals surface area contributed by atoms with E-state index in [1.807, 2.05) is 36.4 Å². The molecule has 1 N–H and O–H groups in total. The second kappa shape index (κ2) is 5.49. The second-order valence-electron chi connectivity index (χ2n) is 5.82. The number of para-hydroxylation sites is 1. The fourth-order valence-electron chi connectivity index (χ4n) is 2.97. The molecule has 0 atom stereocenters. The lowest BCUT2D eigenvalue weighted by Gasteiger charge is -2.11. The maximum Gasteiger partial charge on any atom is 0.231 e. The molecule has 0 radical (unpaired) electrons. The Hall–Kier alpha value is -3.15. The number of carbonyl (C=O) groups excluding carboxylic acids is 2. The number of likely N-dealkylation sites (N-methyl/N-ethyl adjacent to an activating group) is 1. The van der Waals surface area contributed by atoms with E-state index >= 15 is 0 Å². The van der Waals surface area contributed by atoms with Crippen molar-refractivity contribution < 1.29 is 14.1 Å². The van der Waals surface area contributed by atoms with E-state index in [4.69, 9.17) is 4.52 Å². The molecule has 0 fully saturated rings. The van der Waals surface area contributed by atoms with Gasteiger partial charge in [0, 0.05) is 23.8 Å². The van der Waals surface area contributed by atoms with Crippen molar-refractivity contribution in [2.75, 3.05) is 17.3 Å². The number of amides is 2. The number of anilines is 2. The van der Waals surface area contributed by atoms with Crippen LogP contribution >= 0.6 is 0 Å². The van der Waals surface area contributed by atoms with Crippen molar-refractivity contribution in [1.29, 1.82) is 0 Å². The van der Waals surface area contributed by atoms with Crippen LogP contribution in [0.15, 0.2) is 47.0 Å². The van der Waals surface area contributed by atoms with Crippen LogP contribution in [0.1, 0.15) is 11.3 Å². The average Bonchev–Trinajstić information content (AvgIpc) is 3.09. The van der Waals surface area contributed by atoms with Crippen LogP contribution in [-0.4, -0.2) is 24.0 Å². The standard InChI is InChI=1S/C18H15N3O3/c1-21-15-7-6-12(8-11(15)9-18(21)23)19-17(22)10-14-13-4-2-3-5-16(13)24-20-14/h2-8H,9-10H2,1H3,(H,19,22). The van der Waals surface area contributed by atoms with Gasteiger partial charge in [0.25, 0.3) is 0 Å². The van der Waals surface area contributed by atoms with Crippen molar-refractivity contribution >= 4 is 34.2 Å². The molecule has 0 unspecified atom stereocenters. The third-order valence-electron chi connectivity index (χ3n) is 4.22. The summed E-state index contributed by atoms with van der Waals surface area (Å²) in [6.07, 6.45) is 0.496. The first kappa shape index (κ1) is 14.4. The van der Waals surface area contributed by atoms with Crippen molar-refractivity contribution in [3.8, 4) is 0 Å². The van der Waals surface area contributed by atoms with Crippen LogP contribution in [0, 0.1) is 0 Å². The number of hydrogen-bond donors (Lipinski definition) is 1. The van der Waals surface area contributed by atoms with Gasteiger partial charge in [-0.3, -0.25) is 9.59 Å². The molecule has 1 aliphatic heterocycles. The van der Waals surface area contributed by atoms with Gasteiger partial charge in [0.1, 0.15) is 5.69 Å². The summed E-state index contributed by atoms with van der Waals surface area (Å²) in [6.45, 7) is 0. The van der Waals surface area contributed by atoms with Gasteiger partial charge in [-0.1, -0.05) is 17.3 Å². The number of aromatic nitrogens is 1. The number of benzene rings is 2. The van der Waals surface area contributed by atoms with E-state index in [9.17, 15) is 9.59 Å². The number of rotatable bonds is 3.